The van der Waals surface area contributed by atoms with Crippen LogP contribution in [-0.2, 0) is 17.8 Å². The number of thiophene rings is 1. The van der Waals surface area contributed by atoms with Gasteiger partial charge in [-0.3, -0.25) is 4.79 Å². The van der Waals surface area contributed by atoms with Crippen molar-refractivity contribution in [3.8, 4) is 10.7 Å². The molecule has 5 nitrogen and oxygen atoms in total. The first-order valence-electron chi connectivity index (χ1n) is 8.73. The second kappa shape index (κ2) is 7.63. The topological polar surface area (TPSA) is 59.8 Å². The van der Waals surface area contributed by atoms with Crippen LogP contribution in [0.2, 0.25) is 0 Å². The first kappa shape index (κ1) is 17.3. The highest BCUT2D eigenvalue weighted by atomic mass is 32.2. The van der Waals surface area contributed by atoms with Gasteiger partial charge in [0.1, 0.15) is 0 Å². The third-order valence-corrected chi connectivity index (χ3v) is 6.41. The standard InChI is InChI=1S/C19H20N4OS2/c1-2-23-18(16-8-5-11-25-16)21-22-19(23)26-12-17(24)20-15-10-9-13-6-3-4-7-14(13)15/h3-8,11,15H,2,9-10,12H2,1H3,(H,20,24). The van der Waals surface area contributed by atoms with Gasteiger partial charge in [-0.2, -0.15) is 0 Å². The minimum atomic E-state index is 0.0417. The SMILES string of the molecule is CCn1c(SCC(=O)NC2CCc3ccccc32)nnc1-c1cccs1. The third kappa shape index (κ3) is 3.41. The number of amides is 1. The Morgan fingerprint density at radius 3 is 3.00 bits per heavy atom. The van der Waals surface area contributed by atoms with Gasteiger partial charge in [-0.15, -0.1) is 21.5 Å². The number of carbonyl (C=O) groups excluding carboxylic acids is 1. The normalized spacial score (nSPS) is 15.8. The maximum Gasteiger partial charge on any atom is 0.230 e. The molecule has 0 fully saturated rings. The molecule has 1 unspecified atom stereocenters. The average molecular weight is 385 g/mol. The lowest BCUT2D eigenvalue weighted by Gasteiger charge is -2.14. The van der Waals surface area contributed by atoms with E-state index in [0.29, 0.717) is 5.75 Å². The second-order valence-electron chi connectivity index (χ2n) is 6.17. The second-order valence-corrected chi connectivity index (χ2v) is 8.06. The van der Waals surface area contributed by atoms with Crippen LogP contribution in [0.5, 0.6) is 0 Å². The molecule has 0 spiro atoms. The van der Waals surface area contributed by atoms with Crippen LogP contribution >= 0.6 is 23.1 Å². The summed E-state index contributed by atoms with van der Waals surface area (Å²) in [6.45, 7) is 2.85. The van der Waals surface area contributed by atoms with Gasteiger partial charge in [0.25, 0.3) is 0 Å². The number of hydrogen-bond donors (Lipinski definition) is 1. The molecule has 26 heavy (non-hydrogen) atoms. The summed E-state index contributed by atoms with van der Waals surface area (Å²) in [5.74, 6) is 1.26. The fraction of sp³-hybridized carbons (Fsp3) is 0.316. The smallest absolute Gasteiger partial charge is 0.230 e. The van der Waals surface area contributed by atoms with Crippen molar-refractivity contribution in [2.75, 3.05) is 5.75 Å². The Kier molecular flexibility index (Phi) is 5.08. The molecular formula is C19H20N4OS2. The molecule has 4 rings (SSSR count). The van der Waals surface area contributed by atoms with Gasteiger partial charge in [0.15, 0.2) is 11.0 Å². The summed E-state index contributed by atoms with van der Waals surface area (Å²) in [4.78, 5) is 13.5. The van der Waals surface area contributed by atoms with E-state index < -0.39 is 0 Å². The van der Waals surface area contributed by atoms with E-state index in [1.807, 2.05) is 23.6 Å². The van der Waals surface area contributed by atoms with E-state index in [1.165, 1.54) is 22.9 Å². The summed E-state index contributed by atoms with van der Waals surface area (Å²) >= 11 is 3.09. The van der Waals surface area contributed by atoms with E-state index in [2.05, 4.69) is 45.2 Å². The number of carbonyl (C=O) groups is 1. The number of aromatic nitrogens is 3. The molecule has 7 heteroatoms. The molecule has 0 aliphatic heterocycles. The van der Waals surface area contributed by atoms with Crippen LogP contribution in [0.3, 0.4) is 0 Å². The fourth-order valence-electron chi connectivity index (χ4n) is 3.34. The van der Waals surface area contributed by atoms with E-state index in [4.69, 9.17) is 0 Å². The Labute approximate surface area is 160 Å². The number of rotatable bonds is 6. The molecule has 0 saturated carbocycles. The van der Waals surface area contributed by atoms with Crippen molar-refractivity contribution in [2.45, 2.75) is 37.5 Å². The van der Waals surface area contributed by atoms with E-state index in [0.717, 1.165) is 35.2 Å². The van der Waals surface area contributed by atoms with Crippen molar-refractivity contribution < 1.29 is 4.79 Å². The van der Waals surface area contributed by atoms with E-state index >= 15 is 0 Å². The lowest BCUT2D eigenvalue weighted by molar-refractivity contribution is -0.119. The zero-order valence-electron chi connectivity index (χ0n) is 14.5. The lowest BCUT2D eigenvalue weighted by Crippen LogP contribution is -2.28. The van der Waals surface area contributed by atoms with Gasteiger partial charge in [-0.1, -0.05) is 42.1 Å². The highest BCUT2D eigenvalue weighted by Gasteiger charge is 2.23. The Bertz CT molecular complexity index is 904. The van der Waals surface area contributed by atoms with Crippen LogP contribution in [-0.4, -0.2) is 26.4 Å². The summed E-state index contributed by atoms with van der Waals surface area (Å²) in [5, 5.41) is 14.6. The number of benzene rings is 1. The summed E-state index contributed by atoms with van der Waals surface area (Å²) in [6, 6.07) is 12.5. The van der Waals surface area contributed by atoms with Gasteiger partial charge >= 0.3 is 0 Å². The number of nitrogens with zero attached hydrogens (tertiary/aromatic N) is 3. The van der Waals surface area contributed by atoms with Crippen LogP contribution in [0.1, 0.15) is 30.5 Å². The van der Waals surface area contributed by atoms with Crippen LogP contribution in [0.25, 0.3) is 10.7 Å². The average Bonchev–Trinajstić information content (AvgIpc) is 3.39. The third-order valence-electron chi connectivity index (χ3n) is 4.58. The monoisotopic (exact) mass is 384 g/mol. The lowest BCUT2D eigenvalue weighted by atomic mass is 10.1. The Morgan fingerprint density at radius 2 is 2.19 bits per heavy atom. The number of thioether (sulfide) groups is 1. The minimum absolute atomic E-state index is 0.0417. The van der Waals surface area contributed by atoms with Crippen molar-refractivity contribution in [3.63, 3.8) is 0 Å². The predicted octanol–water partition coefficient (Wildman–Crippen LogP) is 3.92. The molecule has 3 aromatic rings. The summed E-state index contributed by atoms with van der Waals surface area (Å²) in [6.07, 6.45) is 2.01. The largest absolute Gasteiger partial charge is 0.349 e. The van der Waals surface area contributed by atoms with Crippen LogP contribution in [0, 0.1) is 0 Å². The molecular weight excluding hydrogens is 364 g/mol. The molecule has 2 heterocycles. The summed E-state index contributed by atoms with van der Waals surface area (Å²) in [5.41, 5.74) is 2.60. The van der Waals surface area contributed by atoms with Crippen molar-refractivity contribution in [2.24, 2.45) is 0 Å². The van der Waals surface area contributed by atoms with Crippen LogP contribution in [0.15, 0.2) is 46.9 Å². The molecule has 1 aliphatic carbocycles. The first-order valence-corrected chi connectivity index (χ1v) is 10.6. The maximum atomic E-state index is 12.4. The molecule has 1 amide bonds. The minimum Gasteiger partial charge on any atom is -0.349 e. The van der Waals surface area contributed by atoms with Gasteiger partial charge in [-0.25, -0.2) is 0 Å². The number of hydrogen-bond acceptors (Lipinski definition) is 5. The van der Waals surface area contributed by atoms with Gasteiger partial charge in [0.05, 0.1) is 16.7 Å². The van der Waals surface area contributed by atoms with Crippen molar-refractivity contribution >= 4 is 29.0 Å². The molecule has 2 aromatic heterocycles. The number of fused-ring (bicyclic) bond motifs is 1. The molecule has 1 aliphatic rings. The number of nitrogens with one attached hydrogen (secondary N) is 1. The Morgan fingerprint density at radius 1 is 1.31 bits per heavy atom. The van der Waals surface area contributed by atoms with E-state index in [9.17, 15) is 4.79 Å². The Balaban J connectivity index is 1.40. The highest BCUT2D eigenvalue weighted by Crippen LogP contribution is 2.31. The van der Waals surface area contributed by atoms with Gasteiger partial charge in [0.2, 0.25) is 5.91 Å². The molecule has 0 bridgehead atoms. The molecule has 1 N–H and O–H groups in total. The Hall–Kier alpha value is -2.12. The first-order chi connectivity index (χ1) is 12.8. The fourth-order valence-corrected chi connectivity index (χ4v) is 4.87. The quantitative estimate of drug-likeness (QED) is 0.655. The van der Waals surface area contributed by atoms with E-state index in [-0.39, 0.29) is 11.9 Å². The zero-order chi connectivity index (χ0) is 17.9. The number of aryl methyl sites for hydroxylation is 1. The maximum absolute atomic E-state index is 12.4. The molecule has 0 saturated heterocycles. The van der Waals surface area contributed by atoms with Crippen LogP contribution < -0.4 is 5.32 Å². The summed E-state index contributed by atoms with van der Waals surface area (Å²) in [7, 11) is 0. The van der Waals surface area contributed by atoms with Crippen LogP contribution in [0.4, 0.5) is 0 Å². The molecule has 1 atom stereocenters. The molecule has 1 aromatic carbocycles. The van der Waals surface area contributed by atoms with Crippen molar-refractivity contribution in [3.05, 3.63) is 52.9 Å². The predicted molar refractivity (Wildman–Crippen MR) is 105 cm³/mol. The van der Waals surface area contributed by atoms with Crippen molar-refractivity contribution in [1.29, 1.82) is 0 Å². The molecule has 0 radical (unpaired) electrons. The van der Waals surface area contributed by atoms with Gasteiger partial charge < -0.3 is 9.88 Å². The van der Waals surface area contributed by atoms with E-state index in [1.54, 1.807) is 11.3 Å². The zero-order valence-corrected chi connectivity index (χ0v) is 16.1. The van der Waals surface area contributed by atoms with Crippen molar-refractivity contribution in [1.82, 2.24) is 20.1 Å². The molecule has 134 valence electrons. The highest BCUT2D eigenvalue weighted by molar-refractivity contribution is 7.99. The van der Waals surface area contributed by atoms with Gasteiger partial charge in [-0.05, 0) is 42.3 Å². The summed E-state index contributed by atoms with van der Waals surface area (Å²) < 4.78 is 2.06. The van der Waals surface area contributed by atoms with Gasteiger partial charge in [0, 0.05) is 6.54 Å².